The molecule has 114 valence electrons. The van der Waals surface area contributed by atoms with Gasteiger partial charge in [-0.1, -0.05) is 30.3 Å². The van der Waals surface area contributed by atoms with E-state index in [-0.39, 0.29) is 17.7 Å². The molecule has 1 saturated heterocycles. The maximum atomic E-state index is 11.3. The number of benzene rings is 1. The molecule has 4 heteroatoms. The molecule has 0 aliphatic carbocycles. The van der Waals surface area contributed by atoms with Crippen molar-refractivity contribution in [1.29, 1.82) is 0 Å². The van der Waals surface area contributed by atoms with E-state index in [4.69, 9.17) is 14.2 Å². The zero-order valence-corrected chi connectivity index (χ0v) is 12.6. The highest BCUT2D eigenvalue weighted by atomic mass is 16.6. The van der Waals surface area contributed by atoms with Crippen LogP contribution in [-0.4, -0.2) is 30.9 Å². The molecule has 0 bridgehead atoms. The summed E-state index contributed by atoms with van der Waals surface area (Å²) in [6.07, 6.45) is 4.14. The number of ether oxygens (including phenoxy) is 3. The molecule has 0 N–H and O–H groups in total. The third kappa shape index (κ3) is 4.99. The van der Waals surface area contributed by atoms with Gasteiger partial charge in [0.1, 0.15) is 5.60 Å². The molecule has 21 heavy (non-hydrogen) atoms. The normalized spacial score (nSPS) is 24.2. The second-order valence-corrected chi connectivity index (χ2v) is 5.20. The van der Waals surface area contributed by atoms with Crippen molar-refractivity contribution < 1.29 is 19.0 Å². The average molecular weight is 290 g/mol. The Morgan fingerprint density at radius 1 is 1.38 bits per heavy atom. The van der Waals surface area contributed by atoms with E-state index in [2.05, 4.69) is 0 Å². The Balaban J connectivity index is 1.64. The Labute approximate surface area is 125 Å². The summed E-state index contributed by atoms with van der Waals surface area (Å²) in [6, 6.07) is 10.1. The fourth-order valence-corrected chi connectivity index (χ4v) is 2.14. The number of rotatable bonds is 8. The molecule has 0 saturated carbocycles. The van der Waals surface area contributed by atoms with Gasteiger partial charge in [0.2, 0.25) is 0 Å². The summed E-state index contributed by atoms with van der Waals surface area (Å²) in [6.45, 7) is 5.39. The van der Waals surface area contributed by atoms with Gasteiger partial charge >= 0.3 is 5.97 Å². The predicted octanol–water partition coefficient (Wildman–Crippen LogP) is 2.87. The fourth-order valence-electron chi connectivity index (χ4n) is 2.14. The van der Waals surface area contributed by atoms with Crippen LogP contribution in [0, 0.1) is 0 Å². The third-order valence-corrected chi connectivity index (χ3v) is 3.45. The zero-order chi connectivity index (χ0) is 15.1. The van der Waals surface area contributed by atoms with Crippen LogP contribution >= 0.6 is 0 Å². The van der Waals surface area contributed by atoms with Crippen LogP contribution in [0.15, 0.2) is 42.5 Å². The second kappa shape index (κ2) is 7.38. The lowest BCUT2D eigenvalue weighted by Crippen LogP contribution is -2.10. The quantitative estimate of drug-likeness (QED) is 0.320. The monoisotopic (exact) mass is 290 g/mol. The number of esters is 1. The van der Waals surface area contributed by atoms with Crippen LogP contribution in [0.1, 0.15) is 25.8 Å². The van der Waals surface area contributed by atoms with E-state index in [0.29, 0.717) is 19.8 Å². The molecule has 4 nitrogen and oxygen atoms in total. The predicted molar refractivity (Wildman–Crippen MR) is 79.8 cm³/mol. The summed E-state index contributed by atoms with van der Waals surface area (Å²) < 4.78 is 16.1. The Morgan fingerprint density at radius 2 is 2.14 bits per heavy atom. The Kier molecular flexibility index (Phi) is 5.53. The summed E-state index contributed by atoms with van der Waals surface area (Å²) in [4.78, 5) is 11.3. The van der Waals surface area contributed by atoms with E-state index in [1.165, 1.54) is 11.6 Å². The maximum absolute atomic E-state index is 11.3. The van der Waals surface area contributed by atoms with E-state index in [1.54, 1.807) is 13.0 Å². The minimum absolute atomic E-state index is 0.110. The van der Waals surface area contributed by atoms with Crippen LogP contribution in [-0.2, 0) is 25.6 Å². The largest absolute Gasteiger partial charge is 0.463 e. The van der Waals surface area contributed by atoms with Crippen molar-refractivity contribution >= 4 is 5.97 Å². The van der Waals surface area contributed by atoms with Crippen molar-refractivity contribution in [1.82, 2.24) is 0 Å². The molecule has 0 unspecified atom stereocenters. The fraction of sp³-hybridized carbons (Fsp3) is 0.471. The summed E-state index contributed by atoms with van der Waals surface area (Å²) >= 11 is 0. The van der Waals surface area contributed by atoms with Crippen molar-refractivity contribution in [3.05, 3.63) is 48.0 Å². The van der Waals surface area contributed by atoms with Gasteiger partial charge in [0.15, 0.2) is 0 Å². The zero-order valence-electron chi connectivity index (χ0n) is 12.6. The standard InChI is InChI=1S/C17H22O4/c1-3-20-16(18)9-11-17(2)15(21-17)10-12-19-13-14-7-5-4-6-8-14/h4-9,11,15H,3,10,12-13H2,1-2H3/b11-9+/t15-,17+/m1/s1. The number of hydrogen-bond acceptors (Lipinski definition) is 4. The number of epoxide rings is 1. The van der Waals surface area contributed by atoms with E-state index < -0.39 is 0 Å². The Hall–Kier alpha value is -1.65. The van der Waals surface area contributed by atoms with Gasteiger partial charge in [-0.2, -0.15) is 0 Å². The first-order valence-corrected chi connectivity index (χ1v) is 7.29. The first-order valence-electron chi connectivity index (χ1n) is 7.29. The van der Waals surface area contributed by atoms with Crippen molar-refractivity contribution in [2.24, 2.45) is 0 Å². The van der Waals surface area contributed by atoms with E-state index in [0.717, 1.165) is 6.42 Å². The minimum atomic E-state index is -0.358. The molecule has 1 aromatic carbocycles. The Bertz CT molecular complexity index is 483. The van der Waals surface area contributed by atoms with Crippen LogP contribution in [0.25, 0.3) is 0 Å². The summed E-state index contributed by atoms with van der Waals surface area (Å²) in [5.74, 6) is -0.326. The number of hydrogen-bond donors (Lipinski definition) is 0. The molecule has 1 heterocycles. The van der Waals surface area contributed by atoms with Gasteiger partial charge in [-0.3, -0.25) is 0 Å². The lowest BCUT2D eigenvalue weighted by atomic mass is 10.1. The van der Waals surface area contributed by atoms with Crippen LogP contribution in [0.5, 0.6) is 0 Å². The van der Waals surface area contributed by atoms with Crippen LogP contribution in [0.2, 0.25) is 0 Å². The molecule has 1 aliphatic heterocycles. The highest BCUT2D eigenvalue weighted by Gasteiger charge is 2.49. The lowest BCUT2D eigenvalue weighted by molar-refractivity contribution is -0.137. The smallest absolute Gasteiger partial charge is 0.330 e. The van der Waals surface area contributed by atoms with E-state index in [9.17, 15) is 4.79 Å². The van der Waals surface area contributed by atoms with E-state index in [1.807, 2.05) is 37.3 Å². The summed E-state index contributed by atoms with van der Waals surface area (Å²) in [5.41, 5.74) is 0.808. The topological polar surface area (TPSA) is 48.1 Å². The molecular weight excluding hydrogens is 268 g/mol. The van der Waals surface area contributed by atoms with Crippen molar-refractivity contribution in [2.45, 2.75) is 38.6 Å². The molecule has 1 fully saturated rings. The van der Waals surface area contributed by atoms with Crippen molar-refractivity contribution in [3.63, 3.8) is 0 Å². The molecule has 1 aromatic rings. The van der Waals surface area contributed by atoms with Gasteiger partial charge in [-0.05, 0) is 25.5 Å². The third-order valence-electron chi connectivity index (χ3n) is 3.45. The molecule has 0 aromatic heterocycles. The van der Waals surface area contributed by atoms with Gasteiger partial charge in [0, 0.05) is 19.1 Å². The number of carbonyl (C=O) groups is 1. The average Bonchev–Trinajstić information content (AvgIpc) is 3.14. The lowest BCUT2D eigenvalue weighted by Gasteiger charge is -2.03. The van der Waals surface area contributed by atoms with Gasteiger partial charge in [0.05, 0.1) is 19.3 Å². The molecule has 0 radical (unpaired) electrons. The molecule has 2 atom stereocenters. The molecule has 1 aliphatic rings. The Morgan fingerprint density at radius 3 is 2.86 bits per heavy atom. The van der Waals surface area contributed by atoms with Gasteiger partial charge < -0.3 is 14.2 Å². The number of carbonyl (C=O) groups excluding carboxylic acids is 1. The SMILES string of the molecule is CCOC(=O)/C=C/[C@]1(C)O[C@@H]1CCOCc1ccccc1. The summed E-state index contributed by atoms with van der Waals surface area (Å²) in [5, 5.41) is 0. The van der Waals surface area contributed by atoms with Crippen molar-refractivity contribution in [2.75, 3.05) is 13.2 Å². The molecule has 2 rings (SSSR count). The van der Waals surface area contributed by atoms with Crippen LogP contribution < -0.4 is 0 Å². The summed E-state index contributed by atoms with van der Waals surface area (Å²) in [7, 11) is 0. The molecule has 0 amide bonds. The highest BCUT2D eigenvalue weighted by molar-refractivity contribution is 5.82. The first kappa shape index (κ1) is 15.7. The van der Waals surface area contributed by atoms with Gasteiger partial charge in [-0.15, -0.1) is 0 Å². The maximum Gasteiger partial charge on any atom is 0.330 e. The van der Waals surface area contributed by atoms with Crippen LogP contribution in [0.3, 0.4) is 0 Å². The van der Waals surface area contributed by atoms with E-state index >= 15 is 0 Å². The van der Waals surface area contributed by atoms with Gasteiger partial charge in [0.25, 0.3) is 0 Å². The second-order valence-electron chi connectivity index (χ2n) is 5.20. The minimum Gasteiger partial charge on any atom is -0.463 e. The molecule has 0 spiro atoms. The first-order chi connectivity index (χ1) is 10.1. The molecular formula is C17H22O4. The van der Waals surface area contributed by atoms with Crippen LogP contribution in [0.4, 0.5) is 0 Å². The highest BCUT2D eigenvalue weighted by Crippen LogP contribution is 2.39. The van der Waals surface area contributed by atoms with Crippen molar-refractivity contribution in [3.8, 4) is 0 Å². The van der Waals surface area contributed by atoms with Gasteiger partial charge in [-0.25, -0.2) is 4.79 Å².